The minimum Gasteiger partial charge on any atom is -0.344 e. The number of nitrogens with zero attached hydrogens (tertiary/aromatic N) is 1. The van der Waals surface area contributed by atoms with Crippen molar-refractivity contribution in [1.82, 2.24) is 4.90 Å². The van der Waals surface area contributed by atoms with Crippen LogP contribution >= 0.6 is 28.3 Å². The first kappa shape index (κ1) is 19.4. The van der Waals surface area contributed by atoms with Crippen molar-refractivity contribution in [3.63, 3.8) is 0 Å². The van der Waals surface area contributed by atoms with Crippen molar-refractivity contribution in [3.05, 3.63) is 34.3 Å². The molecule has 1 aromatic carbocycles. The van der Waals surface area contributed by atoms with Crippen molar-refractivity contribution in [2.75, 3.05) is 13.6 Å². The Morgan fingerprint density at radius 1 is 1.30 bits per heavy atom. The van der Waals surface area contributed by atoms with Crippen LogP contribution in [0.5, 0.6) is 0 Å². The summed E-state index contributed by atoms with van der Waals surface area (Å²) >= 11 is 3.41. The maximum absolute atomic E-state index is 12.2. The van der Waals surface area contributed by atoms with Crippen molar-refractivity contribution in [2.45, 2.75) is 33.2 Å². The van der Waals surface area contributed by atoms with Gasteiger partial charge in [0.2, 0.25) is 5.91 Å². The smallest absolute Gasteiger partial charge is 0.239 e. The Morgan fingerprint density at radius 3 is 2.25 bits per heavy atom. The highest BCUT2D eigenvalue weighted by Crippen LogP contribution is 2.19. The Hall–Kier alpha value is -0.580. The van der Waals surface area contributed by atoms with Crippen LogP contribution in [0.1, 0.15) is 26.3 Å². The molecule has 0 bridgehead atoms. The van der Waals surface area contributed by atoms with Gasteiger partial charge in [-0.1, -0.05) is 48.8 Å². The number of likely N-dealkylation sites (N-methyl/N-ethyl adjacent to an activating group) is 1. The molecule has 0 fully saturated rings. The van der Waals surface area contributed by atoms with E-state index >= 15 is 0 Å². The van der Waals surface area contributed by atoms with Gasteiger partial charge < -0.3 is 10.6 Å². The fraction of sp³-hybridized carbons (Fsp3) is 0.533. The topological polar surface area (TPSA) is 46.3 Å². The fourth-order valence-electron chi connectivity index (χ4n) is 1.67. The van der Waals surface area contributed by atoms with Crippen LogP contribution in [0.25, 0.3) is 0 Å². The molecule has 0 unspecified atom stereocenters. The van der Waals surface area contributed by atoms with Gasteiger partial charge in [0.25, 0.3) is 0 Å². The number of carbonyl (C=O) groups is 1. The summed E-state index contributed by atoms with van der Waals surface area (Å²) in [6.45, 7) is 6.64. The summed E-state index contributed by atoms with van der Waals surface area (Å²) in [7, 11) is 1.81. The molecule has 0 radical (unpaired) electrons. The lowest BCUT2D eigenvalue weighted by molar-refractivity contribution is -0.133. The molecule has 5 heteroatoms. The molecule has 0 aliphatic heterocycles. The lowest BCUT2D eigenvalue weighted by Gasteiger charge is -2.30. The molecule has 114 valence electrons. The normalized spacial score (nSPS) is 12.5. The molecule has 0 aromatic heterocycles. The zero-order valence-electron chi connectivity index (χ0n) is 12.5. The molecule has 3 nitrogen and oxygen atoms in total. The largest absolute Gasteiger partial charge is 0.344 e. The standard InChI is InChI=1S/C15H23BrN2O.ClH/c1-15(2,3)13(17)14(19)18(4)10-9-11-5-7-12(16)8-6-11;/h5-8,13H,9-10,17H2,1-4H3;1H/t13-;/m1./s1. The van der Waals surface area contributed by atoms with Gasteiger partial charge in [-0.2, -0.15) is 0 Å². The van der Waals surface area contributed by atoms with Gasteiger partial charge in [0.1, 0.15) is 0 Å². The number of nitrogens with two attached hydrogens (primary N) is 1. The van der Waals surface area contributed by atoms with E-state index in [0.29, 0.717) is 6.54 Å². The second-order valence-corrected chi connectivity index (χ2v) is 6.90. The van der Waals surface area contributed by atoms with E-state index in [1.165, 1.54) is 5.56 Å². The first-order valence-electron chi connectivity index (χ1n) is 6.47. The minimum absolute atomic E-state index is 0. The number of carbonyl (C=O) groups excluding carboxylic acids is 1. The fourth-order valence-corrected chi connectivity index (χ4v) is 1.93. The highest BCUT2D eigenvalue weighted by Gasteiger charge is 2.29. The Kier molecular flexibility index (Phi) is 7.78. The predicted molar refractivity (Wildman–Crippen MR) is 90.2 cm³/mol. The van der Waals surface area contributed by atoms with Gasteiger partial charge in [-0.15, -0.1) is 12.4 Å². The number of hydrogen-bond donors (Lipinski definition) is 1. The summed E-state index contributed by atoms with van der Waals surface area (Å²) in [6, 6.07) is 7.69. The third-order valence-electron chi connectivity index (χ3n) is 3.22. The van der Waals surface area contributed by atoms with Crippen LogP contribution in [-0.4, -0.2) is 30.4 Å². The number of rotatable bonds is 4. The van der Waals surface area contributed by atoms with Crippen LogP contribution in [0, 0.1) is 5.41 Å². The highest BCUT2D eigenvalue weighted by molar-refractivity contribution is 9.10. The van der Waals surface area contributed by atoms with Gasteiger partial charge in [0.15, 0.2) is 0 Å². The number of halogens is 2. The first-order valence-corrected chi connectivity index (χ1v) is 7.26. The van der Waals surface area contributed by atoms with Crippen LogP contribution in [-0.2, 0) is 11.2 Å². The first-order chi connectivity index (χ1) is 8.71. The van der Waals surface area contributed by atoms with Gasteiger partial charge in [-0.05, 0) is 29.5 Å². The van der Waals surface area contributed by atoms with Crippen LogP contribution in [0.2, 0.25) is 0 Å². The third-order valence-corrected chi connectivity index (χ3v) is 3.75. The number of benzene rings is 1. The third kappa shape index (κ3) is 5.81. The Balaban J connectivity index is 0.00000361. The summed E-state index contributed by atoms with van der Waals surface area (Å²) in [5, 5.41) is 0. The van der Waals surface area contributed by atoms with Crippen LogP contribution in [0.3, 0.4) is 0 Å². The molecule has 20 heavy (non-hydrogen) atoms. The molecule has 2 N–H and O–H groups in total. The van der Waals surface area contributed by atoms with Crippen LogP contribution in [0.15, 0.2) is 28.7 Å². The van der Waals surface area contributed by atoms with E-state index in [4.69, 9.17) is 5.73 Å². The van der Waals surface area contributed by atoms with Crippen molar-refractivity contribution in [3.8, 4) is 0 Å². The van der Waals surface area contributed by atoms with Crippen molar-refractivity contribution >= 4 is 34.2 Å². The Morgan fingerprint density at radius 2 is 1.80 bits per heavy atom. The van der Waals surface area contributed by atoms with Gasteiger partial charge in [-0.25, -0.2) is 0 Å². The lowest BCUT2D eigenvalue weighted by atomic mass is 9.86. The average Bonchev–Trinajstić information content (AvgIpc) is 2.34. The van der Waals surface area contributed by atoms with E-state index in [-0.39, 0.29) is 23.7 Å². The average molecular weight is 364 g/mol. The molecule has 1 atom stereocenters. The second-order valence-electron chi connectivity index (χ2n) is 5.98. The maximum Gasteiger partial charge on any atom is 0.239 e. The Bertz CT molecular complexity index is 428. The molecule has 0 spiro atoms. The van der Waals surface area contributed by atoms with Crippen LogP contribution in [0.4, 0.5) is 0 Å². The molecule has 0 saturated carbocycles. The molecule has 0 heterocycles. The Labute approximate surface area is 136 Å². The summed E-state index contributed by atoms with van der Waals surface area (Å²) in [6.07, 6.45) is 0.840. The molecule has 1 amide bonds. The number of amides is 1. The zero-order chi connectivity index (χ0) is 14.6. The van der Waals surface area contributed by atoms with E-state index in [1.54, 1.807) is 4.90 Å². The molecule has 0 aliphatic rings. The number of hydrogen-bond acceptors (Lipinski definition) is 2. The van der Waals surface area contributed by atoms with E-state index in [2.05, 4.69) is 28.1 Å². The van der Waals surface area contributed by atoms with Gasteiger partial charge in [-0.3, -0.25) is 4.79 Å². The van der Waals surface area contributed by atoms with Crippen molar-refractivity contribution in [2.24, 2.45) is 11.1 Å². The highest BCUT2D eigenvalue weighted by atomic mass is 79.9. The van der Waals surface area contributed by atoms with E-state index in [9.17, 15) is 4.79 Å². The summed E-state index contributed by atoms with van der Waals surface area (Å²) in [5.74, 6) is 0.00427. The molecular weight excluding hydrogens is 340 g/mol. The van der Waals surface area contributed by atoms with Gasteiger partial charge in [0.05, 0.1) is 6.04 Å². The monoisotopic (exact) mass is 362 g/mol. The van der Waals surface area contributed by atoms with E-state index in [0.717, 1.165) is 10.9 Å². The predicted octanol–water partition coefficient (Wildman–Crippen LogP) is 3.25. The molecule has 0 saturated heterocycles. The lowest BCUT2D eigenvalue weighted by Crippen LogP contribution is -2.49. The van der Waals surface area contributed by atoms with Gasteiger partial charge >= 0.3 is 0 Å². The molecule has 0 aliphatic carbocycles. The second kappa shape index (κ2) is 8.01. The maximum atomic E-state index is 12.2. The quantitative estimate of drug-likeness (QED) is 0.892. The molecule has 1 rings (SSSR count). The van der Waals surface area contributed by atoms with E-state index < -0.39 is 6.04 Å². The summed E-state index contributed by atoms with van der Waals surface area (Å²) in [4.78, 5) is 13.9. The van der Waals surface area contributed by atoms with Crippen LogP contribution < -0.4 is 5.73 Å². The summed E-state index contributed by atoms with van der Waals surface area (Å²) in [5.41, 5.74) is 7.00. The zero-order valence-corrected chi connectivity index (χ0v) is 14.9. The molecule has 1 aromatic rings. The van der Waals surface area contributed by atoms with E-state index in [1.807, 2.05) is 40.0 Å². The van der Waals surface area contributed by atoms with Gasteiger partial charge in [0, 0.05) is 18.1 Å². The van der Waals surface area contributed by atoms with Crippen molar-refractivity contribution < 1.29 is 4.79 Å². The van der Waals surface area contributed by atoms with Crippen molar-refractivity contribution in [1.29, 1.82) is 0 Å². The minimum atomic E-state index is -0.456. The molecular formula is C15H24BrClN2O. The summed E-state index contributed by atoms with van der Waals surface area (Å²) < 4.78 is 1.07. The SMILES string of the molecule is CN(CCc1ccc(Br)cc1)C(=O)[C@@H](N)C(C)(C)C.Cl.